The van der Waals surface area contributed by atoms with Gasteiger partial charge in [-0.3, -0.25) is 9.79 Å². The molecule has 0 unspecified atom stereocenters. The van der Waals surface area contributed by atoms with Crippen molar-refractivity contribution in [1.29, 1.82) is 0 Å². The van der Waals surface area contributed by atoms with Gasteiger partial charge in [-0.2, -0.15) is 0 Å². The summed E-state index contributed by atoms with van der Waals surface area (Å²) in [4.78, 5) is 15.1. The maximum atomic E-state index is 11.0. The SMILES string of the molecule is CN=C(NCCC(=O)OC)NCCC1=CCCCC1.I. The molecule has 5 nitrogen and oxygen atoms in total. The molecule has 0 aromatic carbocycles. The molecule has 0 amide bonds. The zero-order valence-corrected chi connectivity index (χ0v) is 14.7. The summed E-state index contributed by atoms with van der Waals surface area (Å²) in [6.07, 6.45) is 8.88. The van der Waals surface area contributed by atoms with E-state index in [2.05, 4.69) is 26.4 Å². The molecule has 1 rings (SSSR count). The average molecular weight is 395 g/mol. The molecule has 1 aliphatic carbocycles. The van der Waals surface area contributed by atoms with Gasteiger partial charge in [0.05, 0.1) is 13.5 Å². The first kappa shape index (κ1) is 19.2. The van der Waals surface area contributed by atoms with Gasteiger partial charge in [-0.05, 0) is 32.1 Å². The number of hydrogen-bond donors (Lipinski definition) is 2. The Morgan fingerprint density at radius 2 is 2.10 bits per heavy atom. The van der Waals surface area contributed by atoms with Crippen molar-refractivity contribution < 1.29 is 9.53 Å². The van der Waals surface area contributed by atoms with Crippen LogP contribution in [0.2, 0.25) is 0 Å². The van der Waals surface area contributed by atoms with E-state index in [0.29, 0.717) is 13.0 Å². The fourth-order valence-corrected chi connectivity index (χ4v) is 2.08. The van der Waals surface area contributed by atoms with Gasteiger partial charge in [0.25, 0.3) is 0 Å². The first-order valence-corrected chi connectivity index (χ1v) is 6.95. The predicted molar refractivity (Wildman–Crippen MR) is 92.6 cm³/mol. The number of hydrogen-bond acceptors (Lipinski definition) is 3. The van der Waals surface area contributed by atoms with Gasteiger partial charge < -0.3 is 15.4 Å². The summed E-state index contributed by atoms with van der Waals surface area (Å²) < 4.78 is 4.58. The molecule has 116 valence electrons. The van der Waals surface area contributed by atoms with E-state index in [1.165, 1.54) is 32.8 Å². The molecule has 0 spiro atoms. The second-order valence-corrected chi connectivity index (χ2v) is 4.61. The molecular formula is C14H26IN3O2. The Balaban J connectivity index is 0.00000361. The maximum absolute atomic E-state index is 11.0. The van der Waals surface area contributed by atoms with Crippen LogP contribution < -0.4 is 10.6 Å². The van der Waals surface area contributed by atoms with Crippen LogP contribution in [0, 0.1) is 0 Å². The average Bonchev–Trinajstić information content (AvgIpc) is 2.46. The second-order valence-electron chi connectivity index (χ2n) is 4.61. The fraction of sp³-hybridized carbons (Fsp3) is 0.714. The van der Waals surface area contributed by atoms with Crippen molar-refractivity contribution in [1.82, 2.24) is 10.6 Å². The third kappa shape index (κ3) is 8.39. The number of carbonyl (C=O) groups is 1. The minimum Gasteiger partial charge on any atom is -0.469 e. The van der Waals surface area contributed by atoms with Crippen molar-refractivity contribution in [3.8, 4) is 0 Å². The fourth-order valence-electron chi connectivity index (χ4n) is 2.08. The van der Waals surface area contributed by atoms with E-state index in [9.17, 15) is 4.79 Å². The number of esters is 1. The summed E-state index contributed by atoms with van der Waals surface area (Å²) in [6, 6.07) is 0. The van der Waals surface area contributed by atoms with E-state index < -0.39 is 0 Å². The van der Waals surface area contributed by atoms with E-state index in [-0.39, 0.29) is 29.9 Å². The Bertz CT molecular complexity index is 343. The van der Waals surface area contributed by atoms with Crippen LogP contribution in [0.25, 0.3) is 0 Å². The van der Waals surface area contributed by atoms with Crippen LogP contribution in [0.4, 0.5) is 0 Å². The second kappa shape index (κ2) is 12.0. The highest BCUT2D eigenvalue weighted by atomic mass is 127. The van der Waals surface area contributed by atoms with Gasteiger partial charge in [0.1, 0.15) is 0 Å². The lowest BCUT2D eigenvalue weighted by molar-refractivity contribution is -0.140. The van der Waals surface area contributed by atoms with Gasteiger partial charge in [-0.15, -0.1) is 24.0 Å². The molecule has 1 aliphatic rings. The highest BCUT2D eigenvalue weighted by Gasteiger charge is 2.04. The van der Waals surface area contributed by atoms with E-state index >= 15 is 0 Å². The lowest BCUT2D eigenvalue weighted by Crippen LogP contribution is -2.38. The molecule has 0 radical (unpaired) electrons. The normalized spacial score (nSPS) is 14.9. The largest absolute Gasteiger partial charge is 0.469 e. The highest BCUT2D eigenvalue weighted by Crippen LogP contribution is 2.19. The van der Waals surface area contributed by atoms with Crippen LogP contribution in [0.5, 0.6) is 0 Å². The predicted octanol–water partition coefficient (Wildman–Crippen LogP) is 2.22. The number of ether oxygens (including phenoxy) is 1. The van der Waals surface area contributed by atoms with Crippen LogP contribution in [-0.4, -0.2) is 39.2 Å². The number of nitrogens with one attached hydrogen (secondary N) is 2. The summed E-state index contributed by atoms with van der Waals surface area (Å²) in [7, 11) is 3.13. The number of allylic oxidation sites excluding steroid dienone is 1. The van der Waals surface area contributed by atoms with Gasteiger partial charge in [0, 0.05) is 20.1 Å². The number of halogens is 1. The Labute approximate surface area is 138 Å². The van der Waals surface area contributed by atoms with Crippen molar-refractivity contribution in [2.45, 2.75) is 38.5 Å². The molecule has 0 fully saturated rings. The van der Waals surface area contributed by atoms with Crippen LogP contribution in [0.1, 0.15) is 38.5 Å². The molecule has 0 heterocycles. The summed E-state index contributed by atoms with van der Waals surface area (Å²) in [5.74, 6) is 0.524. The third-order valence-electron chi connectivity index (χ3n) is 3.20. The van der Waals surface area contributed by atoms with E-state index in [0.717, 1.165) is 18.9 Å². The third-order valence-corrected chi connectivity index (χ3v) is 3.20. The number of aliphatic imine (C=N–C) groups is 1. The Morgan fingerprint density at radius 1 is 1.35 bits per heavy atom. The summed E-state index contributed by atoms with van der Waals surface area (Å²) >= 11 is 0. The van der Waals surface area contributed by atoms with Crippen molar-refractivity contribution >= 4 is 35.9 Å². The van der Waals surface area contributed by atoms with Crippen LogP contribution in [-0.2, 0) is 9.53 Å². The first-order chi connectivity index (χ1) is 9.26. The van der Waals surface area contributed by atoms with Crippen molar-refractivity contribution in [2.75, 3.05) is 27.2 Å². The van der Waals surface area contributed by atoms with Crippen LogP contribution >= 0.6 is 24.0 Å². The Kier molecular flexibility index (Phi) is 11.5. The number of carbonyl (C=O) groups excluding carboxylic acids is 1. The lowest BCUT2D eigenvalue weighted by atomic mass is 9.97. The maximum Gasteiger partial charge on any atom is 0.307 e. The van der Waals surface area contributed by atoms with E-state index in [4.69, 9.17) is 0 Å². The van der Waals surface area contributed by atoms with Crippen molar-refractivity contribution in [2.24, 2.45) is 4.99 Å². The molecule has 0 bridgehead atoms. The van der Waals surface area contributed by atoms with Gasteiger partial charge in [0.15, 0.2) is 5.96 Å². The highest BCUT2D eigenvalue weighted by molar-refractivity contribution is 14.0. The Morgan fingerprint density at radius 3 is 2.70 bits per heavy atom. The Hall–Kier alpha value is -0.790. The molecular weight excluding hydrogens is 369 g/mol. The monoisotopic (exact) mass is 395 g/mol. The van der Waals surface area contributed by atoms with Crippen molar-refractivity contribution in [3.63, 3.8) is 0 Å². The smallest absolute Gasteiger partial charge is 0.307 e. The van der Waals surface area contributed by atoms with Gasteiger partial charge >= 0.3 is 5.97 Å². The van der Waals surface area contributed by atoms with E-state index in [1.807, 2.05) is 0 Å². The number of rotatable bonds is 6. The standard InChI is InChI=1S/C14H25N3O2.HI/c1-15-14(17-11-9-13(18)19-2)16-10-8-12-6-4-3-5-7-12;/h6H,3-5,7-11H2,1-2H3,(H2,15,16,17);1H. The van der Waals surface area contributed by atoms with Crippen LogP contribution in [0.3, 0.4) is 0 Å². The van der Waals surface area contributed by atoms with Gasteiger partial charge in [-0.1, -0.05) is 11.6 Å². The number of nitrogens with zero attached hydrogens (tertiary/aromatic N) is 1. The minimum absolute atomic E-state index is 0. The molecule has 0 saturated carbocycles. The minimum atomic E-state index is -0.213. The zero-order chi connectivity index (χ0) is 13.9. The molecule has 0 atom stereocenters. The molecule has 0 aromatic heterocycles. The van der Waals surface area contributed by atoms with Gasteiger partial charge in [0.2, 0.25) is 0 Å². The van der Waals surface area contributed by atoms with Crippen LogP contribution in [0.15, 0.2) is 16.6 Å². The molecule has 6 heteroatoms. The first-order valence-electron chi connectivity index (χ1n) is 6.95. The van der Waals surface area contributed by atoms with Crippen molar-refractivity contribution in [3.05, 3.63) is 11.6 Å². The number of guanidine groups is 1. The molecule has 0 aromatic rings. The molecule has 20 heavy (non-hydrogen) atoms. The summed E-state index contributed by atoms with van der Waals surface area (Å²) in [5, 5.41) is 6.35. The molecule has 0 aliphatic heterocycles. The lowest BCUT2D eigenvalue weighted by Gasteiger charge is -2.15. The van der Waals surface area contributed by atoms with Gasteiger partial charge in [-0.25, -0.2) is 0 Å². The number of methoxy groups -OCH3 is 1. The summed E-state index contributed by atoms with van der Waals surface area (Å²) in [5.41, 5.74) is 1.55. The summed E-state index contributed by atoms with van der Waals surface area (Å²) in [6.45, 7) is 1.42. The zero-order valence-electron chi connectivity index (χ0n) is 12.4. The molecule has 2 N–H and O–H groups in total. The van der Waals surface area contributed by atoms with E-state index in [1.54, 1.807) is 12.6 Å². The quantitative estimate of drug-likeness (QED) is 0.238. The topological polar surface area (TPSA) is 62.7 Å². The molecule has 0 saturated heterocycles.